The number of halogens is 1. The molecule has 0 amide bonds. The Labute approximate surface area is 112 Å². The molecule has 1 aromatic rings. The van der Waals surface area contributed by atoms with Crippen molar-refractivity contribution in [3.8, 4) is 0 Å². The van der Waals surface area contributed by atoms with Gasteiger partial charge < -0.3 is 4.90 Å². The highest BCUT2D eigenvalue weighted by Crippen LogP contribution is 2.51. The molecule has 1 aromatic carbocycles. The molecule has 2 bridgehead atoms. The van der Waals surface area contributed by atoms with Crippen molar-refractivity contribution in [2.75, 3.05) is 19.6 Å². The number of Topliss-reactive ketones (excluding diaryl/α,β-unsaturated/α-hetero) is 1. The first-order valence-electron chi connectivity index (χ1n) is 6.75. The molecule has 1 spiro atoms. The minimum atomic E-state index is -0.0905. The number of carbonyl (C=O) groups is 1. The number of hydrogen-bond donors (Lipinski definition) is 0. The summed E-state index contributed by atoms with van der Waals surface area (Å²) in [6.45, 7) is 3.27. The molecule has 94 valence electrons. The third kappa shape index (κ3) is 1.25. The molecule has 0 radical (unpaired) electrons. The van der Waals surface area contributed by atoms with E-state index >= 15 is 0 Å². The lowest BCUT2D eigenvalue weighted by Crippen LogP contribution is -2.60. The number of fused-ring (bicyclic) bond motifs is 3. The summed E-state index contributed by atoms with van der Waals surface area (Å²) in [4.78, 5) is 15.5. The van der Waals surface area contributed by atoms with E-state index in [9.17, 15) is 4.79 Å². The Morgan fingerprint density at radius 3 is 2.83 bits per heavy atom. The van der Waals surface area contributed by atoms with Crippen molar-refractivity contribution >= 4 is 17.4 Å². The summed E-state index contributed by atoms with van der Waals surface area (Å²) >= 11 is 6.27. The highest BCUT2D eigenvalue weighted by molar-refractivity contribution is 6.34. The zero-order chi connectivity index (χ0) is 12.3. The smallest absolute Gasteiger partial charge is 0.171 e. The van der Waals surface area contributed by atoms with Gasteiger partial charge in [0.2, 0.25) is 0 Å². The highest BCUT2D eigenvalue weighted by Gasteiger charge is 2.54. The van der Waals surface area contributed by atoms with Crippen molar-refractivity contribution in [1.29, 1.82) is 0 Å². The third-order valence-corrected chi connectivity index (χ3v) is 5.57. The molecular formula is C15H16ClNO. The molecule has 3 saturated heterocycles. The second-order valence-electron chi connectivity index (χ2n) is 5.96. The first-order valence-corrected chi connectivity index (χ1v) is 7.13. The lowest BCUT2D eigenvalue weighted by molar-refractivity contribution is -0.0218. The topological polar surface area (TPSA) is 20.3 Å². The molecule has 0 aromatic heterocycles. The van der Waals surface area contributed by atoms with Crippen LogP contribution < -0.4 is 0 Å². The van der Waals surface area contributed by atoms with Gasteiger partial charge in [0, 0.05) is 17.5 Å². The van der Waals surface area contributed by atoms with Gasteiger partial charge in [-0.05, 0) is 49.9 Å². The van der Waals surface area contributed by atoms with Gasteiger partial charge in [-0.2, -0.15) is 0 Å². The molecule has 3 aliphatic heterocycles. The van der Waals surface area contributed by atoms with E-state index in [2.05, 4.69) is 11.0 Å². The quantitative estimate of drug-likeness (QED) is 0.716. The molecule has 1 atom stereocenters. The van der Waals surface area contributed by atoms with Gasteiger partial charge in [0.15, 0.2) is 5.78 Å². The van der Waals surface area contributed by atoms with E-state index in [1.165, 1.54) is 0 Å². The van der Waals surface area contributed by atoms with Crippen LogP contribution in [0.1, 0.15) is 28.8 Å². The van der Waals surface area contributed by atoms with Gasteiger partial charge in [-0.25, -0.2) is 0 Å². The number of piperidine rings is 3. The minimum Gasteiger partial charge on any atom is -0.303 e. The molecular weight excluding hydrogens is 246 g/mol. The number of ketones is 1. The lowest BCUT2D eigenvalue weighted by Gasteiger charge is -2.55. The molecule has 5 rings (SSSR count). The molecule has 1 aliphatic carbocycles. The maximum Gasteiger partial charge on any atom is 0.171 e. The zero-order valence-electron chi connectivity index (χ0n) is 10.3. The van der Waals surface area contributed by atoms with E-state index in [0.717, 1.165) is 50.0 Å². The lowest BCUT2D eigenvalue weighted by atomic mass is 9.56. The minimum absolute atomic E-state index is 0.0905. The van der Waals surface area contributed by atoms with Crippen LogP contribution in [-0.2, 0) is 6.42 Å². The van der Waals surface area contributed by atoms with Crippen LogP contribution >= 0.6 is 11.6 Å². The van der Waals surface area contributed by atoms with Crippen LogP contribution in [0.15, 0.2) is 18.2 Å². The van der Waals surface area contributed by atoms with E-state index in [4.69, 9.17) is 11.6 Å². The monoisotopic (exact) mass is 261 g/mol. The van der Waals surface area contributed by atoms with Gasteiger partial charge in [-0.15, -0.1) is 0 Å². The first-order chi connectivity index (χ1) is 8.71. The van der Waals surface area contributed by atoms with Gasteiger partial charge in [0.1, 0.15) is 0 Å². The van der Waals surface area contributed by atoms with Crippen LogP contribution in [0.3, 0.4) is 0 Å². The van der Waals surface area contributed by atoms with E-state index in [0.29, 0.717) is 16.7 Å². The van der Waals surface area contributed by atoms with Gasteiger partial charge in [0.05, 0.1) is 5.02 Å². The van der Waals surface area contributed by atoms with E-state index in [-0.39, 0.29) is 5.41 Å². The average Bonchev–Trinajstić information content (AvgIpc) is 2.39. The Morgan fingerprint density at radius 2 is 2.06 bits per heavy atom. The van der Waals surface area contributed by atoms with Crippen molar-refractivity contribution in [3.63, 3.8) is 0 Å². The zero-order valence-corrected chi connectivity index (χ0v) is 11.0. The fourth-order valence-electron chi connectivity index (χ4n) is 4.21. The number of rotatable bonds is 0. The standard InChI is InChI=1S/C15H16ClNO/c16-12-3-1-2-10-8-11-9-17-6-4-15(11,5-7-17)14(18)13(10)12/h1-3,11H,4-9H2. The fraction of sp³-hybridized carbons (Fsp3) is 0.533. The molecule has 0 saturated carbocycles. The number of benzene rings is 1. The molecule has 0 N–H and O–H groups in total. The Hall–Kier alpha value is -0.860. The van der Waals surface area contributed by atoms with E-state index in [1.807, 2.05) is 12.1 Å². The largest absolute Gasteiger partial charge is 0.303 e. The average molecular weight is 262 g/mol. The van der Waals surface area contributed by atoms with Crippen molar-refractivity contribution in [1.82, 2.24) is 4.90 Å². The van der Waals surface area contributed by atoms with Crippen LogP contribution in [-0.4, -0.2) is 30.3 Å². The summed E-state index contributed by atoms with van der Waals surface area (Å²) in [5.74, 6) is 0.845. The molecule has 4 aliphatic rings. The molecule has 3 heteroatoms. The Morgan fingerprint density at radius 1 is 1.28 bits per heavy atom. The van der Waals surface area contributed by atoms with Crippen LogP contribution in [0.2, 0.25) is 5.02 Å². The molecule has 3 heterocycles. The summed E-state index contributed by atoms with van der Waals surface area (Å²) in [7, 11) is 0. The first kappa shape index (κ1) is 11.0. The summed E-state index contributed by atoms with van der Waals surface area (Å²) in [5, 5.41) is 0.651. The normalized spacial score (nSPS) is 37.3. The van der Waals surface area contributed by atoms with Crippen LogP contribution in [0, 0.1) is 11.3 Å². The van der Waals surface area contributed by atoms with Gasteiger partial charge >= 0.3 is 0 Å². The summed E-state index contributed by atoms with van der Waals surface area (Å²) < 4.78 is 0. The van der Waals surface area contributed by atoms with Crippen LogP contribution in [0.4, 0.5) is 0 Å². The molecule has 1 unspecified atom stereocenters. The maximum absolute atomic E-state index is 12.9. The summed E-state index contributed by atoms with van der Waals surface area (Å²) in [5.41, 5.74) is 1.90. The van der Waals surface area contributed by atoms with Crippen LogP contribution in [0.25, 0.3) is 0 Å². The predicted molar refractivity (Wildman–Crippen MR) is 71.1 cm³/mol. The van der Waals surface area contributed by atoms with E-state index < -0.39 is 0 Å². The third-order valence-electron chi connectivity index (χ3n) is 5.25. The summed E-state index contributed by atoms with van der Waals surface area (Å²) in [6, 6.07) is 5.89. The molecule has 3 fully saturated rings. The van der Waals surface area contributed by atoms with Gasteiger partial charge in [-0.1, -0.05) is 23.7 Å². The second kappa shape index (κ2) is 3.58. The molecule has 2 nitrogen and oxygen atoms in total. The number of nitrogens with zero attached hydrogens (tertiary/aromatic N) is 1. The number of carbonyl (C=O) groups excluding carboxylic acids is 1. The SMILES string of the molecule is O=C1c2c(Cl)cccc2CC2CN3CCC12CC3. The van der Waals surface area contributed by atoms with Crippen molar-refractivity contribution in [2.24, 2.45) is 11.3 Å². The van der Waals surface area contributed by atoms with Gasteiger partial charge in [-0.3, -0.25) is 4.79 Å². The van der Waals surface area contributed by atoms with Gasteiger partial charge in [0.25, 0.3) is 0 Å². The van der Waals surface area contributed by atoms with Crippen molar-refractivity contribution in [3.05, 3.63) is 34.3 Å². The second-order valence-corrected chi connectivity index (χ2v) is 6.37. The Balaban J connectivity index is 1.89. The van der Waals surface area contributed by atoms with Crippen LogP contribution in [0.5, 0.6) is 0 Å². The number of hydrogen-bond acceptors (Lipinski definition) is 2. The predicted octanol–water partition coefficient (Wildman–Crippen LogP) is 2.79. The molecule has 18 heavy (non-hydrogen) atoms. The Kier molecular flexibility index (Phi) is 2.19. The highest BCUT2D eigenvalue weighted by atomic mass is 35.5. The Bertz CT molecular complexity index is 531. The van der Waals surface area contributed by atoms with Crippen molar-refractivity contribution in [2.45, 2.75) is 19.3 Å². The van der Waals surface area contributed by atoms with Crippen molar-refractivity contribution < 1.29 is 4.79 Å². The summed E-state index contributed by atoms with van der Waals surface area (Å²) in [6.07, 6.45) is 3.08. The maximum atomic E-state index is 12.9. The van der Waals surface area contributed by atoms with E-state index in [1.54, 1.807) is 0 Å². The fourth-order valence-corrected chi connectivity index (χ4v) is 4.49.